The largest absolute Gasteiger partial charge is 0.488 e. The van der Waals surface area contributed by atoms with Gasteiger partial charge in [0.1, 0.15) is 18.2 Å². The number of hydrogen-bond acceptors (Lipinski definition) is 3. The number of H-pyrrole nitrogens is 1. The lowest BCUT2D eigenvalue weighted by Crippen LogP contribution is -2.30. The molecule has 1 amide bonds. The second-order valence-electron chi connectivity index (χ2n) is 4.68. The number of amides is 1. The van der Waals surface area contributed by atoms with E-state index in [4.69, 9.17) is 4.74 Å². The third-order valence-electron chi connectivity index (χ3n) is 3.18. The summed E-state index contributed by atoms with van der Waals surface area (Å²) in [6.45, 7) is 0.830. The van der Waals surface area contributed by atoms with Crippen molar-refractivity contribution in [1.82, 2.24) is 15.3 Å². The molecule has 0 saturated heterocycles. The van der Waals surface area contributed by atoms with Crippen LogP contribution in [0.3, 0.4) is 0 Å². The second kappa shape index (κ2) is 6.13. The van der Waals surface area contributed by atoms with E-state index in [2.05, 4.69) is 31.2 Å². The number of ether oxygens (including phenoxy) is 1. The molecule has 5 nitrogen and oxygen atoms in total. The number of hydrogen-bond donors (Lipinski definition) is 2. The number of aromatic amines is 1. The van der Waals surface area contributed by atoms with Crippen molar-refractivity contribution in [2.45, 2.75) is 6.42 Å². The van der Waals surface area contributed by atoms with E-state index in [9.17, 15) is 4.79 Å². The molecule has 1 aliphatic rings. The number of carbonyl (C=O) groups excluding carboxylic acids is 1. The van der Waals surface area contributed by atoms with Gasteiger partial charge in [0.05, 0.1) is 5.57 Å². The molecule has 0 bridgehead atoms. The van der Waals surface area contributed by atoms with Gasteiger partial charge in [0, 0.05) is 35.4 Å². The molecule has 21 heavy (non-hydrogen) atoms. The van der Waals surface area contributed by atoms with Gasteiger partial charge in [0.25, 0.3) is 5.91 Å². The van der Waals surface area contributed by atoms with Crippen molar-refractivity contribution in [3.8, 4) is 5.75 Å². The Labute approximate surface area is 130 Å². The fourth-order valence-electron chi connectivity index (χ4n) is 2.12. The number of aromatic nitrogens is 2. The summed E-state index contributed by atoms with van der Waals surface area (Å²) < 4.78 is 6.55. The molecule has 0 saturated carbocycles. The first-order valence-electron chi connectivity index (χ1n) is 6.62. The summed E-state index contributed by atoms with van der Waals surface area (Å²) in [5, 5.41) is 2.88. The van der Waals surface area contributed by atoms with Crippen LogP contribution in [0.5, 0.6) is 5.75 Å². The van der Waals surface area contributed by atoms with E-state index in [1.54, 1.807) is 12.4 Å². The second-order valence-corrected chi connectivity index (χ2v) is 5.60. The van der Waals surface area contributed by atoms with Crippen LogP contribution in [0.4, 0.5) is 0 Å². The Hall–Kier alpha value is -2.08. The first kappa shape index (κ1) is 13.9. The van der Waals surface area contributed by atoms with Crippen molar-refractivity contribution in [2.75, 3.05) is 13.2 Å². The Kier molecular flexibility index (Phi) is 4.06. The Morgan fingerprint density at radius 2 is 2.38 bits per heavy atom. The summed E-state index contributed by atoms with van der Waals surface area (Å²) in [7, 11) is 0. The van der Waals surface area contributed by atoms with E-state index in [0.29, 0.717) is 25.1 Å². The molecular weight excluding hydrogens is 334 g/mol. The zero-order valence-corrected chi connectivity index (χ0v) is 12.8. The van der Waals surface area contributed by atoms with Gasteiger partial charge in [0.15, 0.2) is 0 Å². The highest BCUT2D eigenvalue weighted by atomic mass is 79.9. The minimum absolute atomic E-state index is 0.104. The van der Waals surface area contributed by atoms with Gasteiger partial charge in [-0.2, -0.15) is 0 Å². The highest BCUT2D eigenvalue weighted by Gasteiger charge is 2.17. The SMILES string of the molecule is O=C(NCCc1ncc[nH]1)C1=Cc2cc(Br)ccc2OC1. The maximum atomic E-state index is 12.1. The summed E-state index contributed by atoms with van der Waals surface area (Å²) in [6.07, 6.45) is 6.01. The average molecular weight is 348 g/mol. The van der Waals surface area contributed by atoms with Crippen molar-refractivity contribution in [3.63, 3.8) is 0 Å². The maximum absolute atomic E-state index is 12.1. The fourth-order valence-corrected chi connectivity index (χ4v) is 2.50. The third-order valence-corrected chi connectivity index (χ3v) is 3.67. The molecule has 2 aromatic rings. The number of benzene rings is 1. The molecule has 1 aliphatic heterocycles. The van der Waals surface area contributed by atoms with Crippen LogP contribution in [0.1, 0.15) is 11.4 Å². The molecule has 0 fully saturated rings. The molecule has 0 aliphatic carbocycles. The minimum atomic E-state index is -0.104. The van der Waals surface area contributed by atoms with Gasteiger partial charge in [-0.15, -0.1) is 0 Å². The van der Waals surface area contributed by atoms with Crippen molar-refractivity contribution in [3.05, 3.63) is 52.0 Å². The van der Waals surface area contributed by atoms with Gasteiger partial charge < -0.3 is 15.0 Å². The zero-order chi connectivity index (χ0) is 14.7. The number of nitrogens with zero attached hydrogens (tertiary/aromatic N) is 1. The zero-order valence-electron chi connectivity index (χ0n) is 11.2. The van der Waals surface area contributed by atoms with Crippen LogP contribution >= 0.6 is 15.9 Å². The first-order valence-corrected chi connectivity index (χ1v) is 7.41. The van der Waals surface area contributed by atoms with Crippen LogP contribution in [0, 0.1) is 0 Å². The van der Waals surface area contributed by atoms with Gasteiger partial charge in [-0.25, -0.2) is 4.98 Å². The molecule has 2 N–H and O–H groups in total. The number of imidazole rings is 1. The Balaban J connectivity index is 1.62. The number of rotatable bonds is 4. The lowest BCUT2D eigenvalue weighted by atomic mass is 10.1. The summed E-state index contributed by atoms with van der Waals surface area (Å²) in [5.41, 5.74) is 1.53. The number of halogens is 1. The lowest BCUT2D eigenvalue weighted by molar-refractivity contribution is -0.117. The molecule has 0 radical (unpaired) electrons. The standard InChI is InChI=1S/C15H14BrN3O2/c16-12-1-2-13-10(8-12)7-11(9-21-13)15(20)19-4-3-14-17-5-6-18-14/h1-2,5-8H,3-4,9H2,(H,17,18)(H,19,20). The van der Waals surface area contributed by atoms with E-state index in [0.717, 1.165) is 21.6 Å². The Morgan fingerprint density at radius 1 is 1.48 bits per heavy atom. The van der Waals surface area contributed by atoms with E-state index in [-0.39, 0.29) is 5.91 Å². The molecule has 6 heteroatoms. The van der Waals surface area contributed by atoms with Crippen LogP contribution < -0.4 is 10.1 Å². The Morgan fingerprint density at radius 3 is 3.19 bits per heavy atom. The van der Waals surface area contributed by atoms with Gasteiger partial charge in [-0.05, 0) is 24.3 Å². The van der Waals surface area contributed by atoms with E-state index in [1.807, 2.05) is 24.3 Å². The highest BCUT2D eigenvalue weighted by molar-refractivity contribution is 9.10. The summed E-state index contributed by atoms with van der Waals surface area (Å²) in [4.78, 5) is 19.2. The molecule has 2 heterocycles. The predicted molar refractivity (Wildman–Crippen MR) is 82.9 cm³/mol. The number of fused-ring (bicyclic) bond motifs is 1. The normalized spacial score (nSPS) is 13.1. The summed E-state index contributed by atoms with van der Waals surface area (Å²) >= 11 is 3.42. The summed E-state index contributed by atoms with van der Waals surface area (Å²) in [6, 6.07) is 5.74. The van der Waals surface area contributed by atoms with Gasteiger partial charge in [-0.1, -0.05) is 15.9 Å². The van der Waals surface area contributed by atoms with Crippen molar-refractivity contribution < 1.29 is 9.53 Å². The molecule has 0 unspecified atom stereocenters. The molecule has 1 aromatic heterocycles. The molecular formula is C15H14BrN3O2. The first-order chi connectivity index (χ1) is 10.2. The monoisotopic (exact) mass is 347 g/mol. The van der Waals surface area contributed by atoms with Crippen LogP contribution in [-0.4, -0.2) is 29.0 Å². The highest BCUT2D eigenvalue weighted by Crippen LogP contribution is 2.29. The van der Waals surface area contributed by atoms with E-state index >= 15 is 0 Å². The van der Waals surface area contributed by atoms with Crippen molar-refractivity contribution >= 4 is 27.9 Å². The number of carbonyl (C=O) groups is 1. The lowest BCUT2D eigenvalue weighted by Gasteiger charge is -2.17. The van der Waals surface area contributed by atoms with Crippen molar-refractivity contribution in [2.24, 2.45) is 0 Å². The Bertz CT molecular complexity index is 680. The predicted octanol–water partition coefficient (Wildman–Crippen LogP) is 2.31. The van der Waals surface area contributed by atoms with Gasteiger partial charge in [-0.3, -0.25) is 4.79 Å². The summed E-state index contributed by atoms with van der Waals surface area (Å²) in [5.74, 6) is 1.55. The molecule has 3 rings (SSSR count). The molecule has 108 valence electrons. The minimum Gasteiger partial charge on any atom is -0.488 e. The number of nitrogens with one attached hydrogen (secondary N) is 2. The molecule has 0 spiro atoms. The van der Waals surface area contributed by atoms with Crippen LogP contribution in [0.15, 0.2) is 40.6 Å². The van der Waals surface area contributed by atoms with Crippen LogP contribution in [0.25, 0.3) is 6.08 Å². The quantitative estimate of drug-likeness (QED) is 0.891. The molecule has 1 aromatic carbocycles. The van der Waals surface area contributed by atoms with E-state index < -0.39 is 0 Å². The average Bonchev–Trinajstić information content (AvgIpc) is 2.99. The van der Waals surface area contributed by atoms with Gasteiger partial charge >= 0.3 is 0 Å². The third kappa shape index (κ3) is 3.33. The topological polar surface area (TPSA) is 67.0 Å². The van der Waals surface area contributed by atoms with E-state index in [1.165, 1.54) is 0 Å². The molecule has 0 atom stereocenters. The maximum Gasteiger partial charge on any atom is 0.250 e. The van der Waals surface area contributed by atoms with Crippen LogP contribution in [0.2, 0.25) is 0 Å². The van der Waals surface area contributed by atoms with Crippen LogP contribution in [-0.2, 0) is 11.2 Å². The van der Waals surface area contributed by atoms with Crippen molar-refractivity contribution in [1.29, 1.82) is 0 Å². The smallest absolute Gasteiger partial charge is 0.250 e. The van der Waals surface area contributed by atoms with Gasteiger partial charge in [0.2, 0.25) is 0 Å². The fraction of sp³-hybridized carbons (Fsp3) is 0.200.